The number of amides is 1. The molecule has 98 valence electrons. The zero-order valence-corrected chi connectivity index (χ0v) is 10.7. The van der Waals surface area contributed by atoms with Gasteiger partial charge in [-0.25, -0.2) is 0 Å². The number of hydrogen-bond acceptors (Lipinski definition) is 5. The Morgan fingerprint density at radius 1 is 1.56 bits per heavy atom. The predicted octanol–water partition coefficient (Wildman–Crippen LogP) is 0.656. The third-order valence-corrected chi connectivity index (χ3v) is 3.72. The van der Waals surface area contributed by atoms with Crippen molar-refractivity contribution in [2.45, 2.75) is 51.2 Å². The quantitative estimate of drug-likeness (QED) is 0.853. The molecular weight excluding hydrogens is 232 g/mol. The third kappa shape index (κ3) is 1.90. The molecule has 1 aromatic heterocycles. The van der Waals surface area contributed by atoms with Crippen LogP contribution in [0.15, 0.2) is 4.52 Å². The van der Waals surface area contributed by atoms with Gasteiger partial charge in [0.25, 0.3) is 0 Å². The zero-order valence-electron chi connectivity index (χ0n) is 10.7. The summed E-state index contributed by atoms with van der Waals surface area (Å²) in [5.41, 5.74) is 0. The average Bonchev–Trinajstić information content (AvgIpc) is 2.98. The highest BCUT2D eigenvalue weighted by Gasteiger charge is 2.42. The number of fused-ring (bicyclic) bond motifs is 1. The highest BCUT2D eigenvalue weighted by Crippen LogP contribution is 2.27. The fourth-order valence-corrected chi connectivity index (χ4v) is 2.75. The minimum absolute atomic E-state index is 0.188. The summed E-state index contributed by atoms with van der Waals surface area (Å²) >= 11 is 0. The van der Waals surface area contributed by atoms with Crippen molar-refractivity contribution in [2.24, 2.45) is 0 Å². The largest absolute Gasteiger partial charge is 0.339 e. The number of carbonyl (C=O) groups is 1. The number of aromatic nitrogens is 2. The van der Waals surface area contributed by atoms with Crippen LogP contribution in [0.4, 0.5) is 0 Å². The van der Waals surface area contributed by atoms with Crippen LogP contribution in [0.5, 0.6) is 0 Å². The van der Waals surface area contributed by atoms with Crippen LogP contribution >= 0.6 is 0 Å². The Bertz CT molecular complexity index is 457. The Morgan fingerprint density at radius 3 is 3.11 bits per heavy atom. The van der Waals surface area contributed by atoms with E-state index in [-0.39, 0.29) is 11.8 Å². The first-order valence-corrected chi connectivity index (χ1v) is 6.50. The summed E-state index contributed by atoms with van der Waals surface area (Å²) in [5, 5.41) is 7.31. The number of rotatable bonds is 3. The summed E-state index contributed by atoms with van der Waals surface area (Å²) in [6.07, 6.45) is 1.62. The summed E-state index contributed by atoms with van der Waals surface area (Å²) in [6, 6.07) is 0.618. The molecular formula is C12H18N4O2. The van der Waals surface area contributed by atoms with Crippen molar-refractivity contribution in [2.75, 3.05) is 6.54 Å². The molecule has 0 radical (unpaired) electrons. The monoisotopic (exact) mass is 250 g/mol. The van der Waals surface area contributed by atoms with Gasteiger partial charge in [-0.15, -0.1) is 0 Å². The molecule has 2 aliphatic heterocycles. The highest BCUT2D eigenvalue weighted by atomic mass is 16.5. The van der Waals surface area contributed by atoms with Crippen molar-refractivity contribution >= 4 is 5.91 Å². The smallest absolute Gasteiger partial charge is 0.229 e. The normalized spacial score (nSPS) is 27.3. The van der Waals surface area contributed by atoms with Crippen molar-refractivity contribution in [1.82, 2.24) is 20.4 Å². The van der Waals surface area contributed by atoms with E-state index in [1.165, 1.54) is 0 Å². The van der Waals surface area contributed by atoms with E-state index in [2.05, 4.69) is 15.5 Å². The summed E-state index contributed by atoms with van der Waals surface area (Å²) in [6.45, 7) is 5.48. The van der Waals surface area contributed by atoms with Crippen LogP contribution in [0.1, 0.15) is 44.3 Å². The molecule has 2 saturated heterocycles. The Balaban J connectivity index is 1.73. The Hall–Kier alpha value is -1.43. The minimum atomic E-state index is 0.188. The van der Waals surface area contributed by atoms with Crippen molar-refractivity contribution in [3.05, 3.63) is 11.7 Å². The average molecular weight is 250 g/mol. The van der Waals surface area contributed by atoms with Crippen LogP contribution in [0.2, 0.25) is 0 Å². The van der Waals surface area contributed by atoms with Crippen molar-refractivity contribution < 1.29 is 9.32 Å². The molecule has 1 N–H and O–H groups in total. The van der Waals surface area contributed by atoms with E-state index in [1.807, 2.05) is 18.7 Å². The van der Waals surface area contributed by atoms with Gasteiger partial charge in [-0.2, -0.15) is 4.98 Å². The molecule has 3 rings (SSSR count). The standard InChI is InChI=1S/C12H18N4O2/c1-7(2)12-14-10(15-18-12)6-16-9-3-4-13-8(9)5-11(16)17/h7-9,13H,3-6H2,1-2H3/t8-,9-/m1/s1. The van der Waals surface area contributed by atoms with E-state index >= 15 is 0 Å². The Morgan fingerprint density at radius 2 is 2.39 bits per heavy atom. The van der Waals surface area contributed by atoms with Crippen LogP contribution in [0.25, 0.3) is 0 Å². The zero-order chi connectivity index (χ0) is 12.7. The van der Waals surface area contributed by atoms with Crippen LogP contribution in [0.3, 0.4) is 0 Å². The lowest BCUT2D eigenvalue weighted by atomic mass is 10.1. The first kappa shape index (κ1) is 11.6. The summed E-state index contributed by atoms with van der Waals surface area (Å²) in [4.78, 5) is 18.2. The van der Waals surface area contributed by atoms with E-state index in [4.69, 9.17) is 4.52 Å². The molecule has 0 saturated carbocycles. The van der Waals surface area contributed by atoms with Gasteiger partial charge in [0.2, 0.25) is 11.8 Å². The third-order valence-electron chi connectivity index (χ3n) is 3.72. The van der Waals surface area contributed by atoms with E-state index in [1.54, 1.807) is 0 Å². The van der Waals surface area contributed by atoms with Gasteiger partial charge in [0, 0.05) is 24.4 Å². The lowest BCUT2D eigenvalue weighted by Crippen LogP contribution is -2.35. The van der Waals surface area contributed by atoms with Crippen LogP contribution in [-0.2, 0) is 11.3 Å². The molecule has 0 aromatic carbocycles. The van der Waals surface area contributed by atoms with Crippen LogP contribution in [-0.4, -0.2) is 39.6 Å². The number of nitrogens with one attached hydrogen (secondary N) is 1. The Kier molecular flexibility index (Phi) is 2.81. The number of likely N-dealkylation sites (tertiary alicyclic amines) is 1. The summed E-state index contributed by atoms with van der Waals surface area (Å²) < 4.78 is 5.17. The molecule has 1 aromatic rings. The van der Waals surface area contributed by atoms with Gasteiger partial charge in [0.05, 0.1) is 6.54 Å². The predicted molar refractivity (Wildman–Crippen MR) is 63.7 cm³/mol. The first-order valence-electron chi connectivity index (χ1n) is 6.50. The maximum atomic E-state index is 11.9. The maximum Gasteiger partial charge on any atom is 0.229 e. The van der Waals surface area contributed by atoms with Crippen LogP contribution in [0, 0.1) is 0 Å². The van der Waals surface area contributed by atoms with E-state index < -0.39 is 0 Å². The molecule has 3 heterocycles. The molecule has 0 unspecified atom stereocenters. The van der Waals surface area contributed by atoms with E-state index in [0.29, 0.717) is 36.8 Å². The highest BCUT2D eigenvalue weighted by molar-refractivity contribution is 5.80. The molecule has 2 aliphatic rings. The van der Waals surface area contributed by atoms with Gasteiger partial charge in [-0.05, 0) is 13.0 Å². The molecule has 0 spiro atoms. The van der Waals surface area contributed by atoms with Crippen molar-refractivity contribution in [3.63, 3.8) is 0 Å². The molecule has 0 bridgehead atoms. The fraction of sp³-hybridized carbons (Fsp3) is 0.750. The molecule has 18 heavy (non-hydrogen) atoms. The summed E-state index contributed by atoms with van der Waals surface area (Å²) in [7, 11) is 0. The Labute approximate surface area is 106 Å². The van der Waals surface area contributed by atoms with Gasteiger partial charge >= 0.3 is 0 Å². The molecule has 6 nitrogen and oxygen atoms in total. The molecule has 2 fully saturated rings. The van der Waals surface area contributed by atoms with Gasteiger partial charge in [-0.3, -0.25) is 4.79 Å². The van der Waals surface area contributed by atoms with Crippen molar-refractivity contribution in [1.29, 1.82) is 0 Å². The number of nitrogens with zero attached hydrogens (tertiary/aromatic N) is 3. The van der Waals surface area contributed by atoms with Crippen molar-refractivity contribution in [3.8, 4) is 0 Å². The molecule has 6 heteroatoms. The SMILES string of the molecule is CC(C)c1nc(CN2C(=O)C[C@H]3NCC[C@H]32)no1. The van der Waals surface area contributed by atoms with Gasteiger partial charge < -0.3 is 14.7 Å². The number of hydrogen-bond donors (Lipinski definition) is 1. The molecule has 0 aliphatic carbocycles. The molecule has 1 amide bonds. The second-order valence-corrected chi connectivity index (χ2v) is 5.35. The topological polar surface area (TPSA) is 71.3 Å². The second-order valence-electron chi connectivity index (χ2n) is 5.35. The minimum Gasteiger partial charge on any atom is -0.339 e. The summed E-state index contributed by atoms with van der Waals surface area (Å²) in [5.74, 6) is 1.66. The lowest BCUT2D eigenvalue weighted by Gasteiger charge is -2.21. The maximum absolute atomic E-state index is 11.9. The lowest BCUT2D eigenvalue weighted by molar-refractivity contribution is -0.129. The number of carbonyl (C=O) groups excluding carboxylic acids is 1. The van der Waals surface area contributed by atoms with Crippen LogP contribution < -0.4 is 5.32 Å². The van der Waals surface area contributed by atoms with E-state index in [0.717, 1.165) is 13.0 Å². The second kappa shape index (κ2) is 4.35. The van der Waals surface area contributed by atoms with Gasteiger partial charge in [0.15, 0.2) is 5.82 Å². The van der Waals surface area contributed by atoms with Gasteiger partial charge in [-0.1, -0.05) is 19.0 Å². The fourth-order valence-electron chi connectivity index (χ4n) is 2.75. The first-order chi connectivity index (χ1) is 8.65. The molecule has 2 atom stereocenters. The van der Waals surface area contributed by atoms with Gasteiger partial charge in [0.1, 0.15) is 0 Å². The van der Waals surface area contributed by atoms with E-state index in [9.17, 15) is 4.79 Å².